The van der Waals surface area contributed by atoms with Crippen molar-refractivity contribution in [2.24, 2.45) is 50.2 Å². The zero-order chi connectivity index (χ0) is 71.0. The van der Waals surface area contributed by atoms with Gasteiger partial charge in [-0.3, -0.25) is 9.59 Å². The summed E-state index contributed by atoms with van der Waals surface area (Å²) in [6, 6.07) is 0. The van der Waals surface area contributed by atoms with E-state index in [-0.39, 0.29) is 31.1 Å². The van der Waals surface area contributed by atoms with Crippen LogP contribution < -0.4 is 0 Å². The van der Waals surface area contributed by atoms with Crippen LogP contribution in [-0.2, 0) is 71.2 Å². The molecule has 6 heterocycles. The van der Waals surface area contributed by atoms with Crippen LogP contribution in [0, 0.1) is 50.2 Å². The van der Waals surface area contributed by atoms with Crippen molar-refractivity contribution in [3.05, 3.63) is 11.6 Å². The lowest BCUT2D eigenvalue weighted by molar-refractivity contribution is -0.385. The summed E-state index contributed by atoms with van der Waals surface area (Å²) in [6.45, 7) is 17.7. The number of allylic oxidation sites excluding steroid dienone is 2. The molecule has 0 aromatic rings. The average molecular weight is 1400 g/mol. The SMILES string of the molecule is CC(=O)O[C@@H]1[C@H](O[C@@H]2O[C@@H](CO)[C@H](O)[C@H]2O)[C@@H](O[C@@H]2O[C@@H](C)[C@H](O[C@H]3OC[C@@H](O[C@H]4O[C@@H](C)[C@H](O)[C@@H](O)[C@H]4O)[C@H](O)[C@H]3O)[C@@H](O)[C@H]2O)[C@@H](OC(=O)[C@]23CCC(C)(C)CC2C2=CCC4[C@@]5(C)C[C@H](O)[C@H](O[C@@H]6O[C@@H](C)[C@H](O)[C@@H](O)[C@H]6O)[C@@](C)(CO)C5CC[C@@]4(C)[C@]2(C)C[C@H]3O)O[C@H]1C. The molecule has 3 unspecified atom stereocenters. The van der Waals surface area contributed by atoms with Gasteiger partial charge in [0.1, 0.15) is 103 Å². The van der Waals surface area contributed by atoms with E-state index in [0.29, 0.717) is 32.1 Å². The molecule has 0 aromatic carbocycles. The summed E-state index contributed by atoms with van der Waals surface area (Å²) >= 11 is 0. The van der Waals surface area contributed by atoms with Crippen LogP contribution in [0.5, 0.6) is 0 Å². The van der Waals surface area contributed by atoms with Gasteiger partial charge in [-0.25, -0.2) is 0 Å². The minimum absolute atomic E-state index is 0.0633. The number of ether oxygens (including phenoxy) is 13. The Morgan fingerprint density at radius 3 is 1.66 bits per heavy atom. The number of aliphatic hydroxyl groups is 16. The second kappa shape index (κ2) is 27.9. The molecule has 31 nitrogen and oxygen atoms in total. The Balaban J connectivity index is 0.874. The van der Waals surface area contributed by atoms with E-state index in [1.165, 1.54) is 27.7 Å². The maximum atomic E-state index is 16.1. The molecule has 0 aromatic heterocycles. The number of rotatable bonds is 15. The lowest BCUT2D eigenvalue weighted by atomic mass is 9.33. The molecule has 10 fully saturated rings. The minimum atomic E-state index is -2.11. The molecule has 11 aliphatic rings. The van der Waals surface area contributed by atoms with Crippen LogP contribution in [0.15, 0.2) is 11.6 Å². The predicted octanol–water partition coefficient (Wildman–Crippen LogP) is -3.51. The van der Waals surface area contributed by atoms with E-state index in [2.05, 4.69) is 40.7 Å². The lowest BCUT2D eigenvalue weighted by Gasteiger charge is -2.72. The summed E-state index contributed by atoms with van der Waals surface area (Å²) in [5.74, 6) is -2.91. The van der Waals surface area contributed by atoms with Gasteiger partial charge in [0.05, 0.1) is 62.5 Å². The third-order valence-corrected chi connectivity index (χ3v) is 25.2. The number of carbonyl (C=O) groups excluding carboxylic acids is 2. The van der Waals surface area contributed by atoms with Crippen molar-refractivity contribution in [1.82, 2.24) is 0 Å². The van der Waals surface area contributed by atoms with Crippen LogP contribution in [0.4, 0.5) is 0 Å². The molecule has 31 heteroatoms. The van der Waals surface area contributed by atoms with Crippen LogP contribution >= 0.6 is 0 Å². The Kier molecular flexibility index (Phi) is 21.8. The van der Waals surface area contributed by atoms with Gasteiger partial charge in [-0.15, -0.1) is 0 Å². The fraction of sp³-hybridized carbons (Fsp3) is 0.939. The fourth-order valence-electron chi connectivity index (χ4n) is 19.3. The predicted molar refractivity (Wildman–Crippen MR) is 324 cm³/mol. The van der Waals surface area contributed by atoms with Gasteiger partial charge in [0.2, 0.25) is 6.29 Å². The van der Waals surface area contributed by atoms with E-state index in [1.54, 1.807) is 0 Å². The summed E-state index contributed by atoms with van der Waals surface area (Å²) in [4.78, 5) is 29.1. The highest BCUT2D eigenvalue weighted by atomic mass is 16.8. The largest absolute Gasteiger partial charge is 0.457 e. The molecule has 11 rings (SSSR count). The van der Waals surface area contributed by atoms with Gasteiger partial charge >= 0.3 is 11.9 Å². The molecule has 0 amide bonds. The highest BCUT2D eigenvalue weighted by Crippen LogP contribution is 2.76. The minimum Gasteiger partial charge on any atom is -0.457 e. The summed E-state index contributed by atoms with van der Waals surface area (Å²) in [7, 11) is 0. The monoisotopic (exact) mass is 1390 g/mol. The Hall–Kier alpha value is -2.40. The van der Waals surface area contributed by atoms with Crippen LogP contribution in [0.25, 0.3) is 0 Å². The number of carbonyl (C=O) groups is 2. The number of esters is 2. The van der Waals surface area contributed by atoms with E-state index >= 15 is 4.79 Å². The Bertz CT molecular complexity index is 2800. The number of fused-ring (bicyclic) bond motifs is 7. The fourth-order valence-corrected chi connectivity index (χ4v) is 19.3. The first-order valence-electron chi connectivity index (χ1n) is 34.3. The summed E-state index contributed by atoms with van der Waals surface area (Å²) in [5, 5.41) is 179. The number of hydrogen-bond donors (Lipinski definition) is 16. The Morgan fingerprint density at radius 1 is 0.515 bits per heavy atom. The summed E-state index contributed by atoms with van der Waals surface area (Å²) in [5.41, 5.74) is -4.35. The van der Waals surface area contributed by atoms with Crippen LogP contribution in [-0.4, -0.2) is 304 Å². The highest BCUT2D eigenvalue weighted by Gasteiger charge is 2.74. The quantitative estimate of drug-likeness (QED) is 0.0429. The van der Waals surface area contributed by atoms with Crippen LogP contribution in [0.2, 0.25) is 0 Å². The van der Waals surface area contributed by atoms with Crippen molar-refractivity contribution >= 4 is 11.9 Å². The smallest absolute Gasteiger partial charge is 0.317 e. The van der Waals surface area contributed by atoms with Gasteiger partial charge in [0, 0.05) is 12.3 Å². The van der Waals surface area contributed by atoms with Crippen LogP contribution in [0.1, 0.15) is 128 Å². The maximum Gasteiger partial charge on any atom is 0.317 e. The molecule has 4 saturated carbocycles. The van der Waals surface area contributed by atoms with Gasteiger partial charge in [0.25, 0.3) is 0 Å². The molecular weight excluding hydrogens is 1290 g/mol. The molecule has 39 atom stereocenters. The van der Waals surface area contributed by atoms with Crippen molar-refractivity contribution in [2.45, 2.75) is 318 Å². The van der Waals surface area contributed by atoms with E-state index in [9.17, 15) is 86.5 Å². The van der Waals surface area contributed by atoms with Gasteiger partial charge in [-0.1, -0.05) is 53.2 Å². The van der Waals surface area contributed by atoms with E-state index in [1.807, 2.05) is 6.92 Å². The zero-order valence-corrected chi connectivity index (χ0v) is 56.8. The molecule has 6 aliphatic heterocycles. The van der Waals surface area contributed by atoms with Crippen molar-refractivity contribution in [1.29, 1.82) is 0 Å². The molecule has 0 bridgehead atoms. The first kappa shape index (κ1) is 75.7. The van der Waals surface area contributed by atoms with Gasteiger partial charge < -0.3 is 143 Å². The third-order valence-electron chi connectivity index (χ3n) is 25.2. The molecule has 556 valence electrons. The van der Waals surface area contributed by atoms with E-state index in [4.69, 9.17) is 61.6 Å². The van der Waals surface area contributed by atoms with Gasteiger partial charge in [-0.2, -0.15) is 0 Å². The second-order valence-corrected chi connectivity index (χ2v) is 31.6. The molecule has 97 heavy (non-hydrogen) atoms. The van der Waals surface area contributed by atoms with Gasteiger partial charge in [0.15, 0.2) is 43.7 Å². The van der Waals surface area contributed by atoms with E-state index < -0.39 is 261 Å². The number of aliphatic hydroxyl groups excluding tert-OH is 16. The topological polar surface area (TPSA) is 478 Å². The first-order valence-corrected chi connectivity index (χ1v) is 34.3. The second-order valence-electron chi connectivity index (χ2n) is 31.6. The molecule has 5 aliphatic carbocycles. The first-order chi connectivity index (χ1) is 45.3. The van der Waals surface area contributed by atoms with Crippen LogP contribution in [0.3, 0.4) is 0 Å². The third kappa shape index (κ3) is 12.8. The van der Waals surface area contributed by atoms with Gasteiger partial charge in [-0.05, 0) is 118 Å². The lowest BCUT2D eigenvalue weighted by Crippen LogP contribution is -2.70. The molecule has 6 saturated heterocycles. The molecule has 16 N–H and O–H groups in total. The van der Waals surface area contributed by atoms with E-state index in [0.717, 1.165) is 12.5 Å². The van der Waals surface area contributed by atoms with Crippen molar-refractivity contribution in [3.8, 4) is 0 Å². The standard InChI is InChI=1S/C66H106O31/c1-24-37(72)41(76)46(81)55(86-24)92-33-22-85-54(44(79)40(33)75)93-49-26(3)88-56(48(83)43(49)78)95-52-51(94-58-45(80)39(74)32(21-67)91-58)50(90-28(5)69)27(4)89-59(52)97-60(84)66-17-16-61(6,7)18-30(66)29-12-13-35-62(8)19-31(70)53(96-57-47(82)42(77)38(73)25(2)87-57)63(9,23-68)34(62)14-15-64(35,10)65(29,11)20-36(66)71/h12,24-27,30-59,67-68,70-83H,13-23H2,1-11H3/t24-,25-,26-,27-,30?,31-,32-,33+,34?,35?,36+,37-,38-,39-,40-,41+,42+,43-,44+,45+,46+,47+,48+,49-,50-,51-,52+,53-,54+,55+,56-,57-,58-,59+,62-,63-,64+,65+,66+/m0/s1. The maximum absolute atomic E-state index is 16.1. The summed E-state index contributed by atoms with van der Waals surface area (Å²) in [6.07, 6.45) is -43.9. The highest BCUT2D eigenvalue weighted by molar-refractivity contribution is 5.80. The normalized spacial score (nSPS) is 55.3. The molecular formula is C66H106O31. The Labute approximate surface area is 562 Å². The van der Waals surface area contributed by atoms with Crippen molar-refractivity contribution in [3.63, 3.8) is 0 Å². The Morgan fingerprint density at radius 2 is 1.05 bits per heavy atom. The molecule has 0 spiro atoms. The number of hydrogen-bond acceptors (Lipinski definition) is 31. The average Bonchev–Trinajstić information content (AvgIpc) is 0.860. The van der Waals surface area contributed by atoms with Crippen molar-refractivity contribution < 1.29 is 153 Å². The summed E-state index contributed by atoms with van der Waals surface area (Å²) < 4.78 is 79.0. The zero-order valence-electron chi connectivity index (χ0n) is 56.8. The van der Waals surface area contributed by atoms with Crippen molar-refractivity contribution in [2.75, 3.05) is 19.8 Å². The molecule has 0 radical (unpaired) electrons.